The van der Waals surface area contributed by atoms with E-state index in [1.54, 1.807) is 6.92 Å². The third-order valence-electron chi connectivity index (χ3n) is 4.24. The molecule has 2 aromatic rings. The van der Waals surface area contributed by atoms with Crippen molar-refractivity contribution in [2.75, 3.05) is 6.61 Å². The molecule has 2 rings (SSSR count). The summed E-state index contributed by atoms with van der Waals surface area (Å²) in [5, 5.41) is 9.27. The number of carboxylic acid groups (broad SMARTS) is 1. The van der Waals surface area contributed by atoms with Gasteiger partial charge in [0.05, 0.1) is 5.69 Å². The average molecular weight is 390 g/mol. The van der Waals surface area contributed by atoms with E-state index in [9.17, 15) is 9.59 Å². The quantitative estimate of drug-likeness (QED) is 0.728. The Morgan fingerprint density at radius 1 is 1.11 bits per heavy atom. The van der Waals surface area contributed by atoms with Gasteiger partial charge in [-0.05, 0) is 34.9 Å². The van der Waals surface area contributed by atoms with Gasteiger partial charge in [-0.1, -0.05) is 53.7 Å². The minimum absolute atomic E-state index is 0.0139. The second-order valence-electron chi connectivity index (χ2n) is 8.66. The molecule has 0 aliphatic rings. The molecule has 0 fully saturated rings. The van der Waals surface area contributed by atoms with Gasteiger partial charge in [0.2, 0.25) is 5.78 Å². The van der Waals surface area contributed by atoms with Crippen LogP contribution in [0.1, 0.15) is 77.8 Å². The number of carboxylic acids is 1. The number of nitrogens with zero attached hydrogens (tertiary/aromatic N) is 1. The first kappa shape index (κ1) is 21.1. The van der Waals surface area contributed by atoms with Crippen molar-refractivity contribution in [1.29, 1.82) is 0 Å². The van der Waals surface area contributed by atoms with Crippen LogP contribution in [0.3, 0.4) is 0 Å². The lowest BCUT2D eigenvalue weighted by molar-refractivity contribution is 0.0701. The van der Waals surface area contributed by atoms with Crippen molar-refractivity contribution < 1.29 is 19.4 Å². The molecule has 5 nitrogen and oxygen atoms in total. The van der Waals surface area contributed by atoms with E-state index >= 15 is 0 Å². The zero-order chi connectivity index (χ0) is 20.6. The van der Waals surface area contributed by atoms with E-state index in [2.05, 4.69) is 52.6 Å². The molecule has 1 heterocycles. The third kappa shape index (κ3) is 4.95. The number of benzene rings is 1. The van der Waals surface area contributed by atoms with Crippen LogP contribution in [0.2, 0.25) is 0 Å². The maximum absolute atomic E-state index is 12.4. The average Bonchev–Trinajstić information content (AvgIpc) is 2.93. The van der Waals surface area contributed by atoms with Crippen LogP contribution in [-0.2, 0) is 10.8 Å². The van der Waals surface area contributed by atoms with Crippen molar-refractivity contribution in [3.8, 4) is 5.75 Å². The van der Waals surface area contributed by atoms with Crippen molar-refractivity contribution in [3.05, 3.63) is 44.9 Å². The molecule has 0 saturated carbocycles. The highest BCUT2D eigenvalue weighted by atomic mass is 32.1. The molecule has 1 aromatic heterocycles. The molecule has 27 heavy (non-hydrogen) atoms. The Kier molecular flexibility index (Phi) is 5.80. The van der Waals surface area contributed by atoms with E-state index in [1.165, 1.54) is 5.56 Å². The SMILES string of the molecule is Cc1nc(C(=O)COc2ccc(C(C)(C)C)cc2C(C)(C)C)sc1C(=O)O. The molecule has 146 valence electrons. The lowest BCUT2D eigenvalue weighted by atomic mass is 9.80. The van der Waals surface area contributed by atoms with E-state index in [0.717, 1.165) is 16.9 Å². The number of thiazole rings is 1. The Balaban J connectivity index is 2.25. The molecule has 0 aliphatic carbocycles. The molecule has 0 aliphatic heterocycles. The van der Waals surface area contributed by atoms with Crippen molar-refractivity contribution in [1.82, 2.24) is 4.98 Å². The first-order valence-corrected chi connectivity index (χ1v) is 9.64. The largest absolute Gasteiger partial charge is 0.485 e. The Morgan fingerprint density at radius 2 is 1.74 bits per heavy atom. The van der Waals surface area contributed by atoms with E-state index in [-0.39, 0.29) is 33.1 Å². The number of rotatable bonds is 5. The van der Waals surface area contributed by atoms with Gasteiger partial charge in [-0.2, -0.15) is 0 Å². The lowest BCUT2D eigenvalue weighted by Crippen LogP contribution is -2.19. The van der Waals surface area contributed by atoms with Crippen LogP contribution >= 0.6 is 11.3 Å². The molecule has 0 atom stereocenters. The van der Waals surface area contributed by atoms with E-state index in [0.29, 0.717) is 11.4 Å². The molecule has 0 unspecified atom stereocenters. The van der Waals surface area contributed by atoms with Crippen LogP contribution in [-0.4, -0.2) is 28.4 Å². The van der Waals surface area contributed by atoms with Gasteiger partial charge in [-0.3, -0.25) is 4.79 Å². The number of Topliss-reactive ketones (excluding diaryl/α,β-unsaturated/α-hetero) is 1. The summed E-state index contributed by atoms with van der Waals surface area (Å²) in [7, 11) is 0. The minimum Gasteiger partial charge on any atom is -0.485 e. The Labute approximate surface area is 164 Å². The van der Waals surface area contributed by atoms with Crippen LogP contribution < -0.4 is 4.74 Å². The third-order valence-corrected chi connectivity index (χ3v) is 5.43. The van der Waals surface area contributed by atoms with Crippen molar-refractivity contribution >= 4 is 23.1 Å². The molecule has 0 radical (unpaired) electrons. The summed E-state index contributed by atoms with van der Waals surface area (Å²) in [6.45, 7) is 14.2. The predicted octanol–water partition coefficient (Wildman–Crippen LogP) is 5.01. The van der Waals surface area contributed by atoms with Gasteiger partial charge in [0, 0.05) is 0 Å². The number of ketones is 1. The summed E-state index contributed by atoms with van der Waals surface area (Å²) < 4.78 is 5.83. The van der Waals surface area contributed by atoms with Crippen LogP contribution in [0.15, 0.2) is 18.2 Å². The summed E-state index contributed by atoms with van der Waals surface area (Å²) in [5.74, 6) is -0.733. The number of carbonyl (C=O) groups excluding carboxylic acids is 1. The summed E-state index contributed by atoms with van der Waals surface area (Å²) in [6, 6.07) is 6.06. The molecule has 0 spiro atoms. The Bertz CT molecular complexity index is 869. The highest BCUT2D eigenvalue weighted by molar-refractivity contribution is 7.15. The van der Waals surface area contributed by atoms with Gasteiger partial charge >= 0.3 is 5.97 Å². The number of hydrogen-bond donors (Lipinski definition) is 1. The fraction of sp³-hybridized carbons (Fsp3) is 0.476. The minimum atomic E-state index is -1.07. The first-order valence-electron chi connectivity index (χ1n) is 8.82. The Morgan fingerprint density at radius 3 is 2.22 bits per heavy atom. The van der Waals surface area contributed by atoms with Gasteiger partial charge in [-0.15, -0.1) is 11.3 Å². The summed E-state index contributed by atoms with van der Waals surface area (Å²) in [4.78, 5) is 27.7. The van der Waals surface area contributed by atoms with E-state index in [4.69, 9.17) is 9.84 Å². The molecule has 0 amide bonds. The van der Waals surface area contributed by atoms with Crippen LogP contribution in [0.5, 0.6) is 5.75 Å². The zero-order valence-corrected chi connectivity index (χ0v) is 17.8. The van der Waals surface area contributed by atoms with Crippen LogP contribution in [0.4, 0.5) is 0 Å². The predicted molar refractivity (Wildman–Crippen MR) is 107 cm³/mol. The Hall–Kier alpha value is -2.21. The van der Waals surface area contributed by atoms with Crippen LogP contribution in [0.25, 0.3) is 0 Å². The van der Waals surface area contributed by atoms with Gasteiger partial charge in [0.1, 0.15) is 10.6 Å². The van der Waals surface area contributed by atoms with Crippen molar-refractivity contribution in [2.45, 2.75) is 59.3 Å². The number of ether oxygens (including phenoxy) is 1. The lowest BCUT2D eigenvalue weighted by Gasteiger charge is -2.27. The van der Waals surface area contributed by atoms with Gasteiger partial charge in [0.15, 0.2) is 11.6 Å². The fourth-order valence-corrected chi connectivity index (χ4v) is 3.46. The van der Waals surface area contributed by atoms with Gasteiger partial charge < -0.3 is 9.84 Å². The number of aryl methyl sites for hydroxylation is 1. The normalized spacial score (nSPS) is 12.1. The monoisotopic (exact) mass is 389 g/mol. The number of hydrogen-bond acceptors (Lipinski definition) is 5. The van der Waals surface area contributed by atoms with Crippen molar-refractivity contribution in [3.63, 3.8) is 0 Å². The standard InChI is InChI=1S/C21H27NO4S/c1-12-17(19(24)25)27-18(22-12)15(23)11-26-16-9-8-13(20(2,3)4)10-14(16)21(5,6)7/h8-10H,11H2,1-7H3,(H,24,25). The van der Waals surface area contributed by atoms with Gasteiger partial charge in [-0.25, -0.2) is 9.78 Å². The van der Waals surface area contributed by atoms with E-state index < -0.39 is 5.97 Å². The topological polar surface area (TPSA) is 76.5 Å². The second kappa shape index (κ2) is 7.43. The van der Waals surface area contributed by atoms with Crippen LogP contribution in [0, 0.1) is 6.92 Å². The molecule has 0 saturated heterocycles. The molecule has 0 bridgehead atoms. The summed E-state index contributed by atoms with van der Waals surface area (Å²) >= 11 is 0.886. The molecular formula is C21H27NO4S. The molecule has 6 heteroatoms. The molecule has 1 N–H and O–H groups in total. The fourth-order valence-electron chi connectivity index (χ4n) is 2.63. The number of aromatic carboxylic acids is 1. The zero-order valence-electron chi connectivity index (χ0n) is 17.0. The summed E-state index contributed by atoms with van der Waals surface area (Å²) in [5.41, 5.74) is 2.45. The maximum Gasteiger partial charge on any atom is 0.347 e. The first-order chi connectivity index (χ1) is 12.3. The molecule has 1 aromatic carbocycles. The molecular weight excluding hydrogens is 362 g/mol. The number of aromatic nitrogens is 1. The van der Waals surface area contributed by atoms with E-state index in [1.807, 2.05) is 12.1 Å². The highest BCUT2D eigenvalue weighted by Gasteiger charge is 2.24. The second-order valence-corrected chi connectivity index (χ2v) is 9.66. The smallest absolute Gasteiger partial charge is 0.347 e. The van der Waals surface area contributed by atoms with Gasteiger partial charge in [0.25, 0.3) is 0 Å². The summed E-state index contributed by atoms with van der Waals surface area (Å²) in [6.07, 6.45) is 0. The highest BCUT2D eigenvalue weighted by Crippen LogP contribution is 2.35. The maximum atomic E-state index is 12.4. The van der Waals surface area contributed by atoms with Crippen molar-refractivity contribution in [2.24, 2.45) is 0 Å². The number of carbonyl (C=O) groups is 2.